The van der Waals surface area contributed by atoms with Crippen LogP contribution in [0, 0.1) is 5.92 Å². The zero-order valence-electron chi connectivity index (χ0n) is 18.1. The Kier molecular flexibility index (Phi) is 9.40. The third-order valence-electron chi connectivity index (χ3n) is 6.43. The maximum absolute atomic E-state index is 6.32. The van der Waals surface area contributed by atoms with Gasteiger partial charge in [-0.25, -0.2) is 4.98 Å². The molecule has 0 atom stereocenters. The Balaban J connectivity index is 0.00000272. The molecule has 0 bridgehead atoms. The van der Waals surface area contributed by atoms with Gasteiger partial charge in [-0.2, -0.15) is 5.10 Å². The second-order valence-corrected chi connectivity index (χ2v) is 8.78. The summed E-state index contributed by atoms with van der Waals surface area (Å²) in [6.07, 6.45) is 6.18. The minimum Gasteiger partial charge on any atom is -0.356 e. The van der Waals surface area contributed by atoms with E-state index in [-0.39, 0.29) is 24.0 Å². The predicted molar refractivity (Wildman–Crippen MR) is 136 cm³/mol. The molecule has 1 aromatic carbocycles. The number of aromatic nitrogens is 3. The summed E-state index contributed by atoms with van der Waals surface area (Å²) in [7, 11) is 1.89. The zero-order chi connectivity index (χ0) is 20.8. The van der Waals surface area contributed by atoms with Crippen LogP contribution in [0.3, 0.4) is 0 Å². The first-order valence-electron chi connectivity index (χ1n) is 11.0. The van der Waals surface area contributed by atoms with Crippen LogP contribution in [-0.4, -0.2) is 70.7 Å². The van der Waals surface area contributed by atoms with Crippen molar-refractivity contribution in [3.63, 3.8) is 0 Å². The van der Waals surface area contributed by atoms with E-state index in [1.165, 1.54) is 18.4 Å². The van der Waals surface area contributed by atoms with E-state index in [4.69, 9.17) is 11.6 Å². The molecule has 4 rings (SSSR count). The smallest absolute Gasteiger partial charge is 0.193 e. The third kappa shape index (κ3) is 6.55. The summed E-state index contributed by atoms with van der Waals surface area (Å²) in [6, 6.07) is 8.17. The number of nitrogens with zero attached hydrogens (tertiary/aromatic N) is 5. The largest absolute Gasteiger partial charge is 0.356 e. The van der Waals surface area contributed by atoms with Crippen molar-refractivity contribution in [1.82, 2.24) is 30.3 Å². The van der Waals surface area contributed by atoms with Gasteiger partial charge in [-0.15, -0.1) is 24.0 Å². The van der Waals surface area contributed by atoms with E-state index in [0.29, 0.717) is 11.8 Å². The van der Waals surface area contributed by atoms with Crippen LogP contribution in [0.25, 0.3) is 0 Å². The normalized spacial score (nSPS) is 19.3. The zero-order valence-corrected chi connectivity index (χ0v) is 21.2. The molecule has 2 aliphatic rings. The maximum Gasteiger partial charge on any atom is 0.193 e. The fourth-order valence-electron chi connectivity index (χ4n) is 4.56. The summed E-state index contributed by atoms with van der Waals surface area (Å²) in [5.41, 5.74) is 1.23. The number of benzene rings is 1. The Labute approximate surface area is 207 Å². The molecule has 2 aromatic rings. The molecule has 170 valence electrons. The Hall–Kier alpha value is -1.39. The molecular weight excluding hydrogens is 525 g/mol. The molecular formula is C22H33ClIN7. The van der Waals surface area contributed by atoms with Crippen molar-refractivity contribution in [2.45, 2.75) is 38.1 Å². The first-order chi connectivity index (χ1) is 14.7. The molecule has 2 saturated heterocycles. The van der Waals surface area contributed by atoms with Crippen molar-refractivity contribution in [2.24, 2.45) is 10.9 Å². The van der Waals surface area contributed by atoms with E-state index in [2.05, 4.69) is 47.4 Å². The average Bonchev–Trinajstić information content (AvgIpc) is 3.32. The molecule has 7 nitrogen and oxygen atoms in total. The highest BCUT2D eigenvalue weighted by atomic mass is 127. The molecule has 9 heteroatoms. The van der Waals surface area contributed by atoms with Gasteiger partial charge in [-0.3, -0.25) is 15.0 Å². The molecule has 0 radical (unpaired) electrons. The number of halogens is 2. The van der Waals surface area contributed by atoms with Crippen LogP contribution in [0.15, 0.2) is 35.6 Å². The molecule has 0 aliphatic carbocycles. The van der Waals surface area contributed by atoms with Gasteiger partial charge in [0.25, 0.3) is 0 Å². The Bertz CT molecular complexity index is 813. The van der Waals surface area contributed by atoms with Crippen LogP contribution in [0.2, 0.25) is 5.02 Å². The van der Waals surface area contributed by atoms with E-state index >= 15 is 0 Å². The SMILES string of the molecule is CN=C(NCC1CCN(Cc2ccccc2Cl)CC1)N1CCC(c2ncn[nH]2)CC1.I. The molecule has 1 aromatic heterocycles. The number of likely N-dealkylation sites (tertiary alicyclic amines) is 2. The van der Waals surface area contributed by atoms with Gasteiger partial charge in [-0.05, 0) is 56.3 Å². The van der Waals surface area contributed by atoms with E-state index in [9.17, 15) is 0 Å². The Morgan fingerprint density at radius 2 is 1.90 bits per heavy atom. The first kappa shape index (κ1) is 24.3. The minimum absolute atomic E-state index is 0. The first-order valence-corrected chi connectivity index (χ1v) is 11.4. The molecule has 31 heavy (non-hydrogen) atoms. The Morgan fingerprint density at radius 1 is 1.16 bits per heavy atom. The molecule has 2 N–H and O–H groups in total. The monoisotopic (exact) mass is 557 g/mol. The molecule has 2 aliphatic heterocycles. The average molecular weight is 558 g/mol. The van der Waals surface area contributed by atoms with Crippen molar-refractivity contribution in [3.8, 4) is 0 Å². The van der Waals surface area contributed by atoms with Gasteiger partial charge >= 0.3 is 0 Å². The number of guanidine groups is 1. The van der Waals surface area contributed by atoms with E-state index in [1.54, 1.807) is 6.33 Å². The molecule has 0 saturated carbocycles. The van der Waals surface area contributed by atoms with Gasteiger partial charge in [-0.1, -0.05) is 29.8 Å². The standard InChI is InChI=1S/C22H32ClN7.HI/c1-24-22(30-12-8-18(9-13-30)21-26-16-27-28-21)25-14-17-6-10-29(11-7-17)15-19-4-2-3-5-20(19)23;/h2-5,16-18H,6-15H2,1H3,(H,24,25)(H,26,27,28);1H. The number of nitrogens with one attached hydrogen (secondary N) is 2. The van der Waals surface area contributed by atoms with Gasteiger partial charge in [0.05, 0.1) is 0 Å². The number of piperidine rings is 2. The second kappa shape index (κ2) is 12.0. The summed E-state index contributed by atoms with van der Waals surface area (Å²) < 4.78 is 0. The maximum atomic E-state index is 6.32. The van der Waals surface area contributed by atoms with Gasteiger partial charge in [0, 0.05) is 44.2 Å². The number of H-pyrrole nitrogens is 1. The van der Waals surface area contributed by atoms with Crippen LogP contribution in [0.1, 0.15) is 43.0 Å². The fraction of sp³-hybridized carbons (Fsp3) is 0.591. The van der Waals surface area contributed by atoms with Crippen LogP contribution in [-0.2, 0) is 6.54 Å². The van der Waals surface area contributed by atoms with Crippen molar-refractivity contribution in [3.05, 3.63) is 47.0 Å². The number of hydrogen-bond donors (Lipinski definition) is 2. The fourth-order valence-corrected chi connectivity index (χ4v) is 4.76. The highest BCUT2D eigenvalue weighted by Gasteiger charge is 2.25. The van der Waals surface area contributed by atoms with Crippen molar-refractivity contribution < 1.29 is 0 Å². The quantitative estimate of drug-likeness (QED) is 0.333. The second-order valence-electron chi connectivity index (χ2n) is 8.37. The topological polar surface area (TPSA) is 72.4 Å². The predicted octanol–water partition coefficient (Wildman–Crippen LogP) is 3.74. The lowest BCUT2D eigenvalue weighted by atomic mass is 9.95. The lowest BCUT2D eigenvalue weighted by Gasteiger charge is -2.35. The number of hydrogen-bond acceptors (Lipinski definition) is 4. The van der Waals surface area contributed by atoms with Crippen molar-refractivity contribution in [1.29, 1.82) is 0 Å². The van der Waals surface area contributed by atoms with Crippen LogP contribution < -0.4 is 5.32 Å². The number of aliphatic imine (C=N–C) groups is 1. The molecule has 0 spiro atoms. The number of rotatable bonds is 5. The summed E-state index contributed by atoms with van der Waals surface area (Å²) in [4.78, 5) is 13.7. The summed E-state index contributed by atoms with van der Waals surface area (Å²) in [5, 5.41) is 11.5. The lowest BCUT2D eigenvalue weighted by molar-refractivity contribution is 0.177. The van der Waals surface area contributed by atoms with Crippen molar-refractivity contribution >= 4 is 41.5 Å². The summed E-state index contributed by atoms with van der Waals surface area (Å²) >= 11 is 6.32. The van der Waals surface area contributed by atoms with Crippen LogP contribution in [0.4, 0.5) is 0 Å². The molecule has 0 unspecified atom stereocenters. The third-order valence-corrected chi connectivity index (χ3v) is 6.80. The van der Waals surface area contributed by atoms with Gasteiger partial charge in [0.2, 0.25) is 0 Å². The number of aromatic amines is 1. The van der Waals surface area contributed by atoms with Gasteiger partial charge in [0.15, 0.2) is 5.96 Å². The lowest BCUT2D eigenvalue weighted by Crippen LogP contribution is -2.47. The van der Waals surface area contributed by atoms with Gasteiger partial charge < -0.3 is 10.2 Å². The van der Waals surface area contributed by atoms with Crippen LogP contribution in [0.5, 0.6) is 0 Å². The van der Waals surface area contributed by atoms with Gasteiger partial charge in [0.1, 0.15) is 12.2 Å². The van der Waals surface area contributed by atoms with E-state index in [0.717, 1.165) is 68.9 Å². The van der Waals surface area contributed by atoms with Crippen molar-refractivity contribution in [2.75, 3.05) is 39.8 Å². The Morgan fingerprint density at radius 3 is 2.55 bits per heavy atom. The molecule has 3 heterocycles. The molecule has 2 fully saturated rings. The summed E-state index contributed by atoms with van der Waals surface area (Å²) in [6.45, 7) is 6.19. The van der Waals surface area contributed by atoms with E-state index < -0.39 is 0 Å². The highest BCUT2D eigenvalue weighted by molar-refractivity contribution is 14.0. The van der Waals surface area contributed by atoms with E-state index in [1.807, 2.05) is 19.2 Å². The molecule has 0 amide bonds. The minimum atomic E-state index is 0. The summed E-state index contributed by atoms with van der Waals surface area (Å²) in [5.74, 6) is 3.21. The highest BCUT2D eigenvalue weighted by Crippen LogP contribution is 2.25. The van der Waals surface area contributed by atoms with Crippen LogP contribution >= 0.6 is 35.6 Å².